The van der Waals surface area contributed by atoms with E-state index >= 15 is 0 Å². The van der Waals surface area contributed by atoms with Gasteiger partial charge >= 0.3 is 6.09 Å². The first-order valence-electron chi connectivity index (χ1n) is 11.3. The van der Waals surface area contributed by atoms with Gasteiger partial charge in [0.2, 0.25) is 0 Å². The molecule has 0 fully saturated rings. The molecule has 32 heavy (non-hydrogen) atoms. The highest BCUT2D eigenvalue weighted by molar-refractivity contribution is 5.80. The van der Waals surface area contributed by atoms with Crippen LogP contribution in [0.2, 0.25) is 0 Å². The SMILES string of the molecule is CCCCC(CNC(=O)OC(C)(C)C)NC(=NC)NCc1cccc(Cn2ccnc2)c1. The summed E-state index contributed by atoms with van der Waals surface area (Å²) in [4.78, 5) is 20.5. The Hall–Kier alpha value is -3.03. The van der Waals surface area contributed by atoms with E-state index in [2.05, 4.69) is 57.1 Å². The van der Waals surface area contributed by atoms with Crippen molar-refractivity contribution < 1.29 is 9.53 Å². The number of benzene rings is 1. The van der Waals surface area contributed by atoms with Gasteiger partial charge in [-0.15, -0.1) is 0 Å². The van der Waals surface area contributed by atoms with Gasteiger partial charge in [-0.25, -0.2) is 9.78 Å². The molecule has 0 spiro atoms. The molecule has 0 aliphatic rings. The zero-order valence-corrected chi connectivity index (χ0v) is 20.0. The summed E-state index contributed by atoms with van der Waals surface area (Å²) in [5.74, 6) is 0.706. The van der Waals surface area contributed by atoms with Crippen LogP contribution in [0.1, 0.15) is 58.1 Å². The first-order valence-corrected chi connectivity index (χ1v) is 11.3. The Morgan fingerprint density at radius 3 is 2.69 bits per heavy atom. The summed E-state index contributed by atoms with van der Waals surface area (Å²) >= 11 is 0. The second kappa shape index (κ2) is 12.7. The van der Waals surface area contributed by atoms with Gasteiger partial charge in [0.05, 0.1) is 6.33 Å². The van der Waals surface area contributed by atoms with E-state index in [0.717, 1.165) is 25.8 Å². The molecule has 2 aromatic rings. The number of aliphatic imine (C=N–C) groups is 1. The lowest BCUT2D eigenvalue weighted by atomic mass is 10.1. The molecule has 0 saturated heterocycles. The monoisotopic (exact) mass is 442 g/mol. The number of guanidine groups is 1. The third kappa shape index (κ3) is 9.85. The molecule has 8 heteroatoms. The van der Waals surface area contributed by atoms with Gasteiger partial charge in [0.25, 0.3) is 0 Å². The highest BCUT2D eigenvalue weighted by Gasteiger charge is 2.18. The van der Waals surface area contributed by atoms with Crippen molar-refractivity contribution in [1.82, 2.24) is 25.5 Å². The van der Waals surface area contributed by atoms with Crippen LogP contribution in [-0.2, 0) is 17.8 Å². The van der Waals surface area contributed by atoms with Gasteiger partial charge in [0.15, 0.2) is 5.96 Å². The number of nitrogens with zero attached hydrogens (tertiary/aromatic N) is 3. The van der Waals surface area contributed by atoms with Crippen LogP contribution >= 0.6 is 0 Å². The number of ether oxygens (including phenoxy) is 1. The lowest BCUT2D eigenvalue weighted by molar-refractivity contribution is 0.0523. The summed E-state index contributed by atoms with van der Waals surface area (Å²) in [7, 11) is 1.75. The third-order valence-corrected chi connectivity index (χ3v) is 4.74. The van der Waals surface area contributed by atoms with Crippen molar-refractivity contribution in [3.63, 3.8) is 0 Å². The number of rotatable bonds is 10. The maximum atomic E-state index is 12.0. The number of imidazole rings is 1. The van der Waals surface area contributed by atoms with E-state index in [4.69, 9.17) is 4.74 Å². The van der Waals surface area contributed by atoms with E-state index in [0.29, 0.717) is 19.0 Å². The van der Waals surface area contributed by atoms with Crippen molar-refractivity contribution in [1.29, 1.82) is 0 Å². The van der Waals surface area contributed by atoms with Gasteiger partial charge in [-0.1, -0.05) is 44.0 Å². The molecule has 2 rings (SSSR count). The Morgan fingerprint density at radius 2 is 2.03 bits per heavy atom. The van der Waals surface area contributed by atoms with Gasteiger partial charge < -0.3 is 25.3 Å². The maximum absolute atomic E-state index is 12.0. The number of alkyl carbamates (subject to hydrolysis) is 1. The summed E-state index contributed by atoms with van der Waals surface area (Å²) in [5, 5.41) is 9.68. The number of aromatic nitrogens is 2. The first kappa shape index (κ1) is 25.2. The van der Waals surface area contributed by atoms with Crippen molar-refractivity contribution in [2.75, 3.05) is 13.6 Å². The van der Waals surface area contributed by atoms with Crippen LogP contribution in [0.5, 0.6) is 0 Å². The zero-order chi connectivity index (χ0) is 23.4. The van der Waals surface area contributed by atoms with Gasteiger partial charge in [-0.05, 0) is 38.3 Å². The highest BCUT2D eigenvalue weighted by atomic mass is 16.6. The first-order chi connectivity index (χ1) is 15.3. The van der Waals surface area contributed by atoms with Gasteiger partial charge in [-0.2, -0.15) is 0 Å². The van der Waals surface area contributed by atoms with Gasteiger partial charge in [0.1, 0.15) is 5.60 Å². The van der Waals surface area contributed by atoms with Crippen molar-refractivity contribution >= 4 is 12.1 Å². The van der Waals surface area contributed by atoms with Crippen molar-refractivity contribution in [2.24, 2.45) is 4.99 Å². The lowest BCUT2D eigenvalue weighted by Gasteiger charge is -2.24. The topological polar surface area (TPSA) is 92.6 Å². The fourth-order valence-electron chi connectivity index (χ4n) is 3.20. The Bertz CT molecular complexity index is 842. The van der Waals surface area contributed by atoms with Crippen LogP contribution in [0, 0.1) is 0 Å². The Kier molecular flexibility index (Phi) is 10.0. The molecule has 0 aliphatic heterocycles. The Morgan fingerprint density at radius 1 is 1.25 bits per heavy atom. The predicted octanol–water partition coefficient (Wildman–Crippen LogP) is 3.68. The molecule has 176 valence electrons. The highest BCUT2D eigenvalue weighted by Crippen LogP contribution is 2.08. The molecule has 1 aromatic heterocycles. The second-order valence-electron chi connectivity index (χ2n) is 8.85. The molecule has 1 heterocycles. The molecular weight excluding hydrogens is 404 g/mol. The van der Waals surface area contributed by atoms with E-state index in [-0.39, 0.29) is 6.04 Å². The van der Waals surface area contributed by atoms with E-state index in [1.54, 1.807) is 13.2 Å². The molecule has 0 radical (unpaired) electrons. The summed E-state index contributed by atoms with van der Waals surface area (Å²) < 4.78 is 7.39. The standard InChI is InChI=1S/C24H38N6O2/c1-6-7-11-21(16-28-23(31)32-24(2,3)4)29-22(25-5)27-15-19-9-8-10-20(14-19)17-30-13-12-26-18-30/h8-10,12-14,18,21H,6-7,11,15-17H2,1-5H3,(H,28,31)(H2,25,27,29). The zero-order valence-electron chi connectivity index (χ0n) is 20.0. The molecule has 0 saturated carbocycles. The summed E-state index contributed by atoms with van der Waals surface area (Å²) in [6.45, 7) is 9.63. The Balaban J connectivity index is 1.89. The van der Waals surface area contributed by atoms with Crippen LogP contribution in [0.4, 0.5) is 4.79 Å². The molecule has 1 unspecified atom stereocenters. The van der Waals surface area contributed by atoms with Crippen LogP contribution in [-0.4, -0.2) is 46.8 Å². The average Bonchev–Trinajstić information content (AvgIpc) is 3.24. The predicted molar refractivity (Wildman–Crippen MR) is 129 cm³/mol. The minimum Gasteiger partial charge on any atom is -0.444 e. The van der Waals surface area contributed by atoms with Crippen LogP contribution in [0.3, 0.4) is 0 Å². The average molecular weight is 443 g/mol. The maximum Gasteiger partial charge on any atom is 0.407 e. The minimum atomic E-state index is -0.513. The van der Waals surface area contributed by atoms with Crippen molar-refractivity contribution in [3.8, 4) is 0 Å². The number of hydrogen-bond acceptors (Lipinski definition) is 4. The number of carbonyl (C=O) groups excluding carboxylic acids is 1. The smallest absolute Gasteiger partial charge is 0.407 e. The molecule has 1 amide bonds. The van der Waals surface area contributed by atoms with Crippen LogP contribution in [0.25, 0.3) is 0 Å². The molecule has 8 nitrogen and oxygen atoms in total. The van der Waals surface area contributed by atoms with E-state index in [1.165, 1.54) is 11.1 Å². The number of amides is 1. The van der Waals surface area contributed by atoms with Gasteiger partial charge in [0, 0.05) is 45.1 Å². The minimum absolute atomic E-state index is 0.0567. The summed E-state index contributed by atoms with van der Waals surface area (Å²) in [6, 6.07) is 8.50. The van der Waals surface area contributed by atoms with E-state index in [9.17, 15) is 4.79 Å². The fraction of sp³-hybridized carbons (Fsp3) is 0.542. The number of hydrogen-bond donors (Lipinski definition) is 3. The van der Waals surface area contributed by atoms with E-state index in [1.807, 2.05) is 37.9 Å². The largest absolute Gasteiger partial charge is 0.444 e. The number of nitrogens with one attached hydrogen (secondary N) is 3. The number of unbranched alkanes of at least 4 members (excludes halogenated alkanes) is 1. The quantitative estimate of drug-likeness (QED) is 0.386. The molecular formula is C24H38N6O2. The van der Waals surface area contributed by atoms with E-state index < -0.39 is 11.7 Å². The summed E-state index contributed by atoms with van der Waals surface area (Å²) in [5.41, 5.74) is 1.87. The molecule has 1 atom stereocenters. The molecule has 3 N–H and O–H groups in total. The van der Waals surface area contributed by atoms with Crippen LogP contribution in [0.15, 0.2) is 48.0 Å². The molecule has 0 aliphatic carbocycles. The van der Waals surface area contributed by atoms with Crippen molar-refractivity contribution in [2.45, 2.75) is 71.7 Å². The Labute approximate surface area is 191 Å². The van der Waals surface area contributed by atoms with Crippen molar-refractivity contribution in [3.05, 3.63) is 54.1 Å². The summed E-state index contributed by atoms with van der Waals surface area (Å²) in [6.07, 6.45) is 8.22. The van der Waals surface area contributed by atoms with Gasteiger partial charge in [-0.3, -0.25) is 4.99 Å². The lowest BCUT2D eigenvalue weighted by Crippen LogP contribution is -2.48. The number of carbonyl (C=O) groups is 1. The normalized spacial score (nSPS) is 12.8. The van der Waals surface area contributed by atoms with Crippen LogP contribution < -0.4 is 16.0 Å². The molecule has 0 bridgehead atoms. The second-order valence-corrected chi connectivity index (χ2v) is 8.85. The fourth-order valence-corrected chi connectivity index (χ4v) is 3.20. The third-order valence-electron chi connectivity index (χ3n) is 4.74. The molecule has 1 aromatic carbocycles.